The standard InChI is InChI=1S/C47H33N3/c1-47(2)39-23-13-22-35(45(39)38-27-31-16-6-7-17-32(31)28-40(38)47)33-18-12-19-34(26-33)41-29-44(49-46(48-41)30-14-4-3-5-15-30)50-42-24-10-8-20-36(42)37-21-9-11-25-43(37)50/h3-29H,1-2H3. The zero-order valence-electron chi connectivity index (χ0n) is 27.9. The van der Waals surface area contributed by atoms with Crippen LogP contribution in [0.25, 0.3) is 83.3 Å². The van der Waals surface area contributed by atoms with E-state index in [1.165, 1.54) is 54.9 Å². The van der Waals surface area contributed by atoms with E-state index in [1.54, 1.807) is 0 Å². The molecule has 3 nitrogen and oxygen atoms in total. The van der Waals surface area contributed by atoms with Crippen molar-refractivity contribution in [1.82, 2.24) is 14.5 Å². The first-order valence-electron chi connectivity index (χ1n) is 17.3. The van der Waals surface area contributed by atoms with Crippen LogP contribution in [0, 0.1) is 0 Å². The summed E-state index contributed by atoms with van der Waals surface area (Å²) >= 11 is 0. The van der Waals surface area contributed by atoms with Crippen molar-refractivity contribution >= 4 is 32.6 Å². The molecule has 0 N–H and O–H groups in total. The Morgan fingerprint density at radius 2 is 1.08 bits per heavy atom. The SMILES string of the molecule is CC1(C)c2cc3ccccc3cc2-c2c(-c3cccc(-c4cc(-n5c6ccccc6c6ccccc65)nc(-c5ccccc5)n4)c3)cccc21. The van der Waals surface area contributed by atoms with Crippen LogP contribution in [0.4, 0.5) is 0 Å². The topological polar surface area (TPSA) is 30.7 Å². The average molecular weight is 640 g/mol. The Kier molecular flexibility index (Phi) is 6.22. The quantitative estimate of drug-likeness (QED) is 0.192. The lowest BCUT2D eigenvalue weighted by molar-refractivity contribution is 0.661. The summed E-state index contributed by atoms with van der Waals surface area (Å²) in [6, 6.07) is 58.7. The van der Waals surface area contributed by atoms with E-state index in [9.17, 15) is 0 Å². The summed E-state index contributed by atoms with van der Waals surface area (Å²) in [5.74, 6) is 1.55. The van der Waals surface area contributed by atoms with Gasteiger partial charge in [0, 0.05) is 33.4 Å². The molecule has 0 unspecified atom stereocenters. The fraction of sp³-hybridized carbons (Fsp3) is 0.0638. The zero-order chi connectivity index (χ0) is 33.4. The molecule has 0 amide bonds. The van der Waals surface area contributed by atoms with Gasteiger partial charge in [0.2, 0.25) is 0 Å². The van der Waals surface area contributed by atoms with E-state index < -0.39 is 0 Å². The van der Waals surface area contributed by atoms with Crippen LogP contribution < -0.4 is 0 Å². The highest BCUT2D eigenvalue weighted by Crippen LogP contribution is 2.53. The highest BCUT2D eigenvalue weighted by molar-refractivity contribution is 6.09. The van der Waals surface area contributed by atoms with Gasteiger partial charge in [-0.25, -0.2) is 9.97 Å². The molecule has 2 heterocycles. The molecule has 0 radical (unpaired) electrons. The average Bonchev–Trinajstić information content (AvgIpc) is 3.62. The van der Waals surface area contributed by atoms with Crippen LogP contribution in [-0.4, -0.2) is 14.5 Å². The molecule has 1 aliphatic rings. The van der Waals surface area contributed by atoms with Crippen LogP contribution in [0.15, 0.2) is 164 Å². The Labute approximate surface area is 291 Å². The molecule has 0 atom stereocenters. The number of nitrogens with zero attached hydrogens (tertiary/aromatic N) is 3. The maximum atomic E-state index is 5.22. The Balaban J connectivity index is 1.18. The second-order valence-electron chi connectivity index (χ2n) is 13.8. The van der Waals surface area contributed by atoms with E-state index in [1.807, 2.05) is 18.2 Å². The third kappa shape index (κ3) is 4.30. The predicted molar refractivity (Wildman–Crippen MR) is 208 cm³/mol. The number of rotatable bonds is 4. The number of hydrogen-bond donors (Lipinski definition) is 0. The highest BCUT2D eigenvalue weighted by atomic mass is 15.1. The van der Waals surface area contributed by atoms with Gasteiger partial charge in [-0.1, -0.05) is 141 Å². The molecule has 0 saturated heterocycles. The van der Waals surface area contributed by atoms with Crippen molar-refractivity contribution in [1.29, 1.82) is 0 Å². The zero-order valence-corrected chi connectivity index (χ0v) is 27.9. The summed E-state index contributed by atoms with van der Waals surface area (Å²) in [5.41, 5.74) is 12.9. The smallest absolute Gasteiger partial charge is 0.162 e. The number of aromatic nitrogens is 3. The van der Waals surface area contributed by atoms with Gasteiger partial charge >= 0.3 is 0 Å². The minimum atomic E-state index is -0.100. The van der Waals surface area contributed by atoms with Crippen LogP contribution in [0.2, 0.25) is 0 Å². The van der Waals surface area contributed by atoms with Gasteiger partial charge in [0.05, 0.1) is 16.7 Å². The number of hydrogen-bond acceptors (Lipinski definition) is 2. The molecule has 50 heavy (non-hydrogen) atoms. The summed E-state index contributed by atoms with van der Waals surface area (Å²) < 4.78 is 2.28. The van der Waals surface area contributed by atoms with E-state index in [0.29, 0.717) is 5.82 Å². The lowest BCUT2D eigenvalue weighted by atomic mass is 9.81. The molecule has 0 saturated carbocycles. The molecule has 0 aliphatic heterocycles. The van der Waals surface area contributed by atoms with Gasteiger partial charge in [-0.05, 0) is 74.5 Å². The van der Waals surface area contributed by atoms with Crippen molar-refractivity contribution in [2.75, 3.05) is 0 Å². The molecule has 2 aromatic heterocycles. The first-order valence-corrected chi connectivity index (χ1v) is 17.3. The molecule has 10 rings (SSSR count). The minimum absolute atomic E-state index is 0.100. The molecule has 7 aromatic carbocycles. The highest BCUT2D eigenvalue weighted by Gasteiger charge is 2.37. The first kappa shape index (κ1) is 28.7. The van der Waals surface area contributed by atoms with Gasteiger partial charge in [-0.15, -0.1) is 0 Å². The molecular formula is C47H33N3. The minimum Gasteiger partial charge on any atom is -0.294 e. The van der Waals surface area contributed by atoms with Crippen molar-refractivity contribution in [3.05, 3.63) is 175 Å². The van der Waals surface area contributed by atoms with Gasteiger partial charge < -0.3 is 0 Å². The molecule has 0 bridgehead atoms. The number of fused-ring (bicyclic) bond motifs is 7. The van der Waals surface area contributed by atoms with E-state index in [0.717, 1.165) is 33.7 Å². The van der Waals surface area contributed by atoms with E-state index >= 15 is 0 Å². The Hall–Kier alpha value is -6.32. The van der Waals surface area contributed by atoms with Crippen LogP contribution in [0.5, 0.6) is 0 Å². The monoisotopic (exact) mass is 639 g/mol. The van der Waals surface area contributed by atoms with Crippen molar-refractivity contribution in [3.8, 4) is 50.7 Å². The Morgan fingerprint density at radius 3 is 1.84 bits per heavy atom. The van der Waals surface area contributed by atoms with Crippen LogP contribution in [0.3, 0.4) is 0 Å². The second-order valence-corrected chi connectivity index (χ2v) is 13.8. The van der Waals surface area contributed by atoms with Gasteiger partial charge in [0.1, 0.15) is 5.82 Å². The first-order chi connectivity index (χ1) is 24.5. The largest absolute Gasteiger partial charge is 0.294 e. The maximum Gasteiger partial charge on any atom is 0.162 e. The maximum absolute atomic E-state index is 5.22. The second kappa shape index (κ2) is 10.8. The number of benzene rings is 7. The molecule has 1 aliphatic carbocycles. The van der Waals surface area contributed by atoms with E-state index in [-0.39, 0.29) is 5.41 Å². The predicted octanol–water partition coefficient (Wildman–Crippen LogP) is 12.0. The third-order valence-electron chi connectivity index (χ3n) is 10.6. The van der Waals surface area contributed by atoms with Crippen molar-refractivity contribution in [2.24, 2.45) is 0 Å². The van der Waals surface area contributed by atoms with E-state index in [2.05, 4.69) is 164 Å². The van der Waals surface area contributed by atoms with Gasteiger partial charge in [0.25, 0.3) is 0 Å². The lowest BCUT2D eigenvalue weighted by Gasteiger charge is -2.22. The van der Waals surface area contributed by atoms with Crippen LogP contribution in [-0.2, 0) is 5.41 Å². The fourth-order valence-electron chi connectivity index (χ4n) is 8.14. The molecule has 3 heteroatoms. The summed E-state index contributed by atoms with van der Waals surface area (Å²) in [6.07, 6.45) is 0. The number of para-hydroxylation sites is 2. The molecule has 236 valence electrons. The van der Waals surface area contributed by atoms with Gasteiger partial charge in [-0.3, -0.25) is 4.57 Å². The summed E-state index contributed by atoms with van der Waals surface area (Å²) in [7, 11) is 0. The molecule has 9 aromatic rings. The van der Waals surface area contributed by atoms with Crippen LogP contribution >= 0.6 is 0 Å². The lowest BCUT2D eigenvalue weighted by Crippen LogP contribution is -2.14. The Morgan fingerprint density at radius 1 is 0.460 bits per heavy atom. The normalized spacial score (nSPS) is 13.2. The van der Waals surface area contributed by atoms with E-state index in [4.69, 9.17) is 9.97 Å². The summed E-state index contributed by atoms with van der Waals surface area (Å²) in [6.45, 7) is 4.71. The van der Waals surface area contributed by atoms with Crippen molar-refractivity contribution in [2.45, 2.75) is 19.3 Å². The van der Waals surface area contributed by atoms with Gasteiger partial charge in [0.15, 0.2) is 5.82 Å². The molecule has 0 spiro atoms. The third-order valence-corrected chi connectivity index (χ3v) is 10.6. The van der Waals surface area contributed by atoms with Crippen molar-refractivity contribution in [3.63, 3.8) is 0 Å². The molecule has 0 fully saturated rings. The fourth-order valence-corrected chi connectivity index (χ4v) is 8.14. The summed E-state index contributed by atoms with van der Waals surface area (Å²) in [4.78, 5) is 10.4. The van der Waals surface area contributed by atoms with Gasteiger partial charge in [-0.2, -0.15) is 0 Å². The Bertz CT molecular complexity index is 2730. The van der Waals surface area contributed by atoms with Crippen molar-refractivity contribution < 1.29 is 0 Å². The summed E-state index contributed by atoms with van der Waals surface area (Å²) in [5, 5.41) is 4.97. The molecular weight excluding hydrogens is 607 g/mol. The van der Waals surface area contributed by atoms with Crippen LogP contribution in [0.1, 0.15) is 25.0 Å².